The number of guanidine groups is 1. The number of rotatable bonds is 2. The molecule has 4 atom stereocenters. The number of likely N-dealkylation sites (tertiary alicyclic amines) is 1. The molecular weight excluding hydrogens is 312 g/mol. The summed E-state index contributed by atoms with van der Waals surface area (Å²) < 4.78 is 6.14. The first-order valence-electron chi connectivity index (χ1n) is 10.3. The predicted molar refractivity (Wildman–Crippen MR) is 99.7 cm³/mol. The second kappa shape index (κ2) is 6.27. The molecule has 0 amide bonds. The van der Waals surface area contributed by atoms with E-state index >= 15 is 0 Å². The molecule has 0 radical (unpaired) electrons. The van der Waals surface area contributed by atoms with E-state index < -0.39 is 0 Å². The van der Waals surface area contributed by atoms with E-state index in [1.165, 1.54) is 38.5 Å². The van der Waals surface area contributed by atoms with Crippen LogP contribution in [0.15, 0.2) is 17.1 Å². The monoisotopic (exact) mass is 344 g/mol. The van der Waals surface area contributed by atoms with Crippen LogP contribution in [-0.2, 0) is 4.74 Å². The van der Waals surface area contributed by atoms with Gasteiger partial charge in [0.1, 0.15) is 0 Å². The zero-order chi connectivity index (χ0) is 16.9. The van der Waals surface area contributed by atoms with Crippen molar-refractivity contribution in [2.24, 2.45) is 16.3 Å². The molecule has 2 aliphatic carbocycles. The molecule has 5 rings (SSSR count). The molecule has 4 unspecified atom stereocenters. The number of fused-ring (bicyclic) bond motifs is 2. The summed E-state index contributed by atoms with van der Waals surface area (Å²) in [6.07, 6.45) is 13.0. The molecular formula is C20H32N4O. The highest BCUT2D eigenvalue weighted by atomic mass is 16.5. The topological polar surface area (TPSA) is 40.1 Å². The van der Waals surface area contributed by atoms with Gasteiger partial charge in [0.25, 0.3) is 0 Å². The van der Waals surface area contributed by atoms with Crippen molar-refractivity contribution < 1.29 is 4.74 Å². The van der Waals surface area contributed by atoms with Gasteiger partial charge in [0.05, 0.1) is 6.10 Å². The lowest BCUT2D eigenvalue weighted by Gasteiger charge is -2.57. The van der Waals surface area contributed by atoms with E-state index in [4.69, 9.17) is 4.74 Å². The quantitative estimate of drug-likeness (QED) is 0.472. The minimum Gasteiger partial charge on any atom is -0.377 e. The van der Waals surface area contributed by atoms with E-state index in [0.717, 1.165) is 38.7 Å². The van der Waals surface area contributed by atoms with Gasteiger partial charge in [-0.05, 0) is 25.7 Å². The summed E-state index contributed by atoms with van der Waals surface area (Å²) in [6, 6.07) is 1.26. The molecule has 1 spiro atoms. The van der Waals surface area contributed by atoms with Crippen molar-refractivity contribution in [1.29, 1.82) is 0 Å². The van der Waals surface area contributed by atoms with Gasteiger partial charge in [-0.3, -0.25) is 9.89 Å². The molecule has 5 nitrogen and oxygen atoms in total. The minimum absolute atomic E-state index is 0.398. The van der Waals surface area contributed by atoms with Crippen molar-refractivity contribution in [2.45, 2.75) is 56.7 Å². The predicted octanol–water partition coefficient (Wildman–Crippen LogP) is 1.86. The smallest absolute Gasteiger partial charge is 0.193 e. The van der Waals surface area contributed by atoms with Gasteiger partial charge in [-0.1, -0.05) is 25.0 Å². The highest BCUT2D eigenvalue weighted by Crippen LogP contribution is 2.60. The highest BCUT2D eigenvalue weighted by molar-refractivity contribution is 5.81. The summed E-state index contributed by atoms with van der Waals surface area (Å²) in [5, 5.41) is 3.92. The summed E-state index contributed by atoms with van der Waals surface area (Å²) in [4.78, 5) is 9.77. The van der Waals surface area contributed by atoms with E-state index in [0.29, 0.717) is 29.5 Å². The van der Waals surface area contributed by atoms with Crippen LogP contribution in [0, 0.1) is 11.3 Å². The Kier molecular flexibility index (Phi) is 4.05. The molecule has 0 bridgehead atoms. The van der Waals surface area contributed by atoms with E-state index in [1.54, 1.807) is 0 Å². The largest absolute Gasteiger partial charge is 0.377 e. The maximum absolute atomic E-state index is 6.14. The molecule has 0 aromatic heterocycles. The zero-order valence-electron chi connectivity index (χ0n) is 15.5. The Hall–Kier alpha value is -1.07. The van der Waals surface area contributed by atoms with Crippen molar-refractivity contribution >= 4 is 5.96 Å². The van der Waals surface area contributed by atoms with Crippen molar-refractivity contribution in [1.82, 2.24) is 15.1 Å². The molecule has 4 fully saturated rings. The molecule has 0 aromatic carbocycles. The molecule has 2 saturated carbocycles. The Labute approximate surface area is 151 Å². The molecule has 3 heterocycles. The van der Waals surface area contributed by atoms with Crippen molar-refractivity contribution in [2.75, 3.05) is 39.8 Å². The Balaban J connectivity index is 1.26. The first-order chi connectivity index (χ1) is 12.3. The van der Waals surface area contributed by atoms with Gasteiger partial charge in [-0.25, -0.2) is 0 Å². The Morgan fingerprint density at radius 1 is 1.20 bits per heavy atom. The van der Waals surface area contributed by atoms with E-state index in [2.05, 4.69) is 32.3 Å². The number of aliphatic imine (C=N–C) groups is 1. The molecule has 3 aliphatic heterocycles. The fraction of sp³-hybridized carbons (Fsp3) is 0.850. The maximum Gasteiger partial charge on any atom is 0.193 e. The van der Waals surface area contributed by atoms with Gasteiger partial charge < -0.3 is 15.0 Å². The molecule has 5 aliphatic rings. The summed E-state index contributed by atoms with van der Waals surface area (Å²) >= 11 is 0. The van der Waals surface area contributed by atoms with E-state index in [-0.39, 0.29) is 0 Å². The summed E-state index contributed by atoms with van der Waals surface area (Å²) in [7, 11) is 1.95. The number of nitrogens with one attached hydrogen (secondary N) is 1. The zero-order valence-corrected chi connectivity index (χ0v) is 15.5. The lowest BCUT2D eigenvalue weighted by atomic mass is 9.54. The molecule has 2 saturated heterocycles. The summed E-state index contributed by atoms with van der Waals surface area (Å²) in [5.41, 5.74) is 0.398. The van der Waals surface area contributed by atoms with Crippen molar-refractivity contribution in [3.63, 3.8) is 0 Å². The minimum atomic E-state index is 0.398. The van der Waals surface area contributed by atoms with Gasteiger partial charge >= 0.3 is 0 Å². The Morgan fingerprint density at radius 2 is 2.00 bits per heavy atom. The SMILES string of the molecule is CN=C(NC1C2CCOC2C12CCCC2)N1CCC(N2CC=CC2)C1. The standard InChI is InChI=1S/C20H32N4O/c1-21-19(24-12-6-15(14-24)23-10-4-5-11-23)22-17-16-7-13-25-18(16)20(17)8-2-3-9-20/h4-5,15-18H,2-3,6-14H2,1H3,(H,21,22). The van der Waals surface area contributed by atoms with Gasteiger partial charge in [0.15, 0.2) is 5.96 Å². The number of hydrogen-bond donors (Lipinski definition) is 1. The second-order valence-corrected chi connectivity index (χ2v) is 8.67. The third-order valence-electron chi connectivity index (χ3n) is 7.61. The van der Waals surface area contributed by atoms with Crippen molar-refractivity contribution in [3.05, 3.63) is 12.2 Å². The van der Waals surface area contributed by atoms with E-state index in [1.807, 2.05) is 7.05 Å². The molecule has 0 aromatic rings. The highest BCUT2D eigenvalue weighted by Gasteiger charge is 2.65. The van der Waals surface area contributed by atoms with Crippen LogP contribution in [0.5, 0.6) is 0 Å². The third-order valence-corrected chi connectivity index (χ3v) is 7.61. The Morgan fingerprint density at radius 3 is 2.76 bits per heavy atom. The van der Waals surface area contributed by atoms with Gasteiger partial charge in [-0.15, -0.1) is 0 Å². The van der Waals surface area contributed by atoms with Crippen LogP contribution in [0.25, 0.3) is 0 Å². The van der Waals surface area contributed by atoms with E-state index in [9.17, 15) is 0 Å². The fourth-order valence-corrected chi connectivity index (χ4v) is 6.37. The number of ether oxygens (including phenoxy) is 1. The fourth-order valence-electron chi connectivity index (χ4n) is 6.37. The normalized spacial score (nSPS) is 40.0. The lowest BCUT2D eigenvalue weighted by Crippen LogP contribution is -2.69. The van der Waals surface area contributed by atoms with Crippen LogP contribution < -0.4 is 5.32 Å². The molecule has 138 valence electrons. The van der Waals surface area contributed by atoms with Crippen LogP contribution in [0.1, 0.15) is 38.5 Å². The lowest BCUT2D eigenvalue weighted by molar-refractivity contribution is -0.125. The van der Waals surface area contributed by atoms with Crippen molar-refractivity contribution in [3.8, 4) is 0 Å². The van der Waals surface area contributed by atoms with Gasteiger partial charge in [0.2, 0.25) is 0 Å². The number of nitrogens with zero attached hydrogens (tertiary/aromatic N) is 3. The summed E-state index contributed by atoms with van der Waals surface area (Å²) in [6.45, 7) is 5.45. The average molecular weight is 345 g/mol. The Bertz CT molecular complexity index is 560. The van der Waals surface area contributed by atoms with Crippen LogP contribution in [0.4, 0.5) is 0 Å². The molecule has 25 heavy (non-hydrogen) atoms. The third kappa shape index (κ3) is 2.46. The van der Waals surface area contributed by atoms with Gasteiger partial charge in [-0.2, -0.15) is 0 Å². The number of hydrogen-bond acceptors (Lipinski definition) is 3. The van der Waals surface area contributed by atoms with Crippen LogP contribution in [0.2, 0.25) is 0 Å². The second-order valence-electron chi connectivity index (χ2n) is 8.67. The van der Waals surface area contributed by atoms with Crippen LogP contribution in [0.3, 0.4) is 0 Å². The summed E-state index contributed by atoms with van der Waals surface area (Å²) in [5.74, 6) is 1.84. The van der Waals surface area contributed by atoms with Gasteiger partial charge in [0, 0.05) is 63.3 Å². The first kappa shape index (κ1) is 16.1. The molecule has 5 heteroatoms. The van der Waals surface area contributed by atoms with Crippen LogP contribution >= 0.6 is 0 Å². The average Bonchev–Trinajstić information content (AvgIpc) is 3.40. The first-order valence-corrected chi connectivity index (χ1v) is 10.3. The molecule has 1 N–H and O–H groups in total. The maximum atomic E-state index is 6.14. The van der Waals surface area contributed by atoms with Crippen LogP contribution in [-0.4, -0.2) is 73.8 Å².